The van der Waals surface area contributed by atoms with Crippen molar-refractivity contribution in [2.75, 3.05) is 6.61 Å². The molecule has 19 heavy (non-hydrogen) atoms. The second-order valence-electron chi connectivity index (χ2n) is 4.69. The van der Waals surface area contributed by atoms with Crippen molar-refractivity contribution in [1.82, 2.24) is 9.55 Å². The van der Waals surface area contributed by atoms with Gasteiger partial charge in [0.25, 0.3) is 5.56 Å². The molecule has 1 aromatic heterocycles. The van der Waals surface area contributed by atoms with Crippen LogP contribution in [0.2, 0.25) is 0 Å². The number of aliphatic hydroxyl groups is 2. The average Bonchev–Trinajstić information content (AvgIpc) is 2.41. The van der Waals surface area contributed by atoms with E-state index in [1.54, 1.807) is 19.2 Å². The fourth-order valence-electron chi connectivity index (χ4n) is 2.27. The summed E-state index contributed by atoms with van der Waals surface area (Å²) in [5.41, 5.74) is 1.71. The fraction of sp³-hybridized carbons (Fsp3) is 0.429. The van der Waals surface area contributed by atoms with Crippen molar-refractivity contribution < 1.29 is 10.2 Å². The molecule has 2 N–H and O–H groups in total. The highest BCUT2D eigenvalue weighted by atomic mass is 16.3. The van der Waals surface area contributed by atoms with Crippen LogP contribution < -0.4 is 5.56 Å². The van der Waals surface area contributed by atoms with E-state index >= 15 is 0 Å². The molecule has 5 heteroatoms. The third-order valence-corrected chi connectivity index (χ3v) is 3.29. The Kier molecular flexibility index (Phi) is 3.68. The molecule has 0 amide bonds. The molecule has 0 fully saturated rings. The summed E-state index contributed by atoms with van der Waals surface area (Å²) >= 11 is 0. The van der Waals surface area contributed by atoms with Crippen molar-refractivity contribution >= 4 is 10.9 Å². The molecule has 0 bridgehead atoms. The molecular formula is C14H18N2O3. The van der Waals surface area contributed by atoms with Crippen LogP contribution in [0.3, 0.4) is 0 Å². The summed E-state index contributed by atoms with van der Waals surface area (Å²) in [6, 6.07) is 3.52. The van der Waals surface area contributed by atoms with Gasteiger partial charge in [0.15, 0.2) is 0 Å². The van der Waals surface area contributed by atoms with E-state index in [9.17, 15) is 9.90 Å². The number of hydrogen-bond acceptors (Lipinski definition) is 4. The van der Waals surface area contributed by atoms with Gasteiger partial charge in [-0.2, -0.15) is 0 Å². The molecule has 0 saturated heterocycles. The first-order valence-electron chi connectivity index (χ1n) is 6.28. The molecule has 0 saturated carbocycles. The highest BCUT2D eigenvalue weighted by Crippen LogP contribution is 2.23. The Balaban J connectivity index is 2.91. The quantitative estimate of drug-likeness (QED) is 0.859. The van der Waals surface area contributed by atoms with Crippen LogP contribution in [-0.4, -0.2) is 26.4 Å². The van der Waals surface area contributed by atoms with Gasteiger partial charge < -0.3 is 10.2 Å². The number of aryl methyl sites for hydroxylation is 2. The molecule has 0 aliphatic rings. The molecule has 0 aliphatic heterocycles. The standard InChI is InChI=1S/C14H18N2O3/c1-4-12-15-13-9(11(18)7-17)5-8(2)6-10(13)14(19)16(12)3/h5-6,11,17-18H,4,7H2,1-3H3. The summed E-state index contributed by atoms with van der Waals surface area (Å²) in [4.78, 5) is 16.8. The number of fused-ring (bicyclic) bond motifs is 1. The van der Waals surface area contributed by atoms with Gasteiger partial charge in [0.2, 0.25) is 0 Å². The van der Waals surface area contributed by atoms with Gasteiger partial charge in [-0.1, -0.05) is 13.0 Å². The van der Waals surface area contributed by atoms with E-state index in [1.807, 2.05) is 13.8 Å². The normalized spacial score (nSPS) is 12.9. The Labute approximate surface area is 111 Å². The summed E-state index contributed by atoms with van der Waals surface area (Å²) in [6.45, 7) is 3.38. The molecule has 0 spiro atoms. The zero-order valence-electron chi connectivity index (χ0n) is 11.3. The maximum Gasteiger partial charge on any atom is 0.261 e. The first-order valence-corrected chi connectivity index (χ1v) is 6.28. The van der Waals surface area contributed by atoms with E-state index < -0.39 is 12.7 Å². The van der Waals surface area contributed by atoms with Gasteiger partial charge in [-0.25, -0.2) is 4.98 Å². The Morgan fingerprint density at radius 1 is 1.42 bits per heavy atom. The maximum atomic E-state index is 12.3. The van der Waals surface area contributed by atoms with Crippen molar-refractivity contribution in [3.05, 3.63) is 39.4 Å². The van der Waals surface area contributed by atoms with Crippen molar-refractivity contribution in [1.29, 1.82) is 0 Å². The van der Waals surface area contributed by atoms with Crippen LogP contribution in [0.4, 0.5) is 0 Å². The van der Waals surface area contributed by atoms with Crippen LogP contribution in [0.1, 0.15) is 30.0 Å². The molecule has 1 atom stereocenters. The van der Waals surface area contributed by atoms with E-state index in [0.29, 0.717) is 28.7 Å². The van der Waals surface area contributed by atoms with Gasteiger partial charge in [0.1, 0.15) is 11.9 Å². The Morgan fingerprint density at radius 3 is 2.68 bits per heavy atom. The topological polar surface area (TPSA) is 75.4 Å². The van der Waals surface area contributed by atoms with E-state index in [-0.39, 0.29) is 5.56 Å². The lowest BCUT2D eigenvalue weighted by Gasteiger charge is -2.14. The van der Waals surface area contributed by atoms with Crippen molar-refractivity contribution in [3.8, 4) is 0 Å². The highest BCUT2D eigenvalue weighted by Gasteiger charge is 2.16. The molecule has 1 unspecified atom stereocenters. The van der Waals surface area contributed by atoms with Gasteiger partial charge in [-0.05, 0) is 18.6 Å². The summed E-state index contributed by atoms with van der Waals surface area (Å²) in [7, 11) is 1.69. The lowest BCUT2D eigenvalue weighted by atomic mass is 10.0. The highest BCUT2D eigenvalue weighted by molar-refractivity contribution is 5.82. The monoisotopic (exact) mass is 262 g/mol. The molecule has 2 aromatic rings. The Bertz CT molecular complexity index is 676. The van der Waals surface area contributed by atoms with Gasteiger partial charge in [-0.3, -0.25) is 9.36 Å². The lowest BCUT2D eigenvalue weighted by molar-refractivity contribution is 0.0965. The summed E-state index contributed by atoms with van der Waals surface area (Å²) in [5.74, 6) is 0.660. The molecular weight excluding hydrogens is 244 g/mol. The average molecular weight is 262 g/mol. The Hall–Kier alpha value is -1.72. The third kappa shape index (κ3) is 2.27. The third-order valence-electron chi connectivity index (χ3n) is 3.29. The van der Waals surface area contributed by atoms with Crippen LogP contribution in [0.15, 0.2) is 16.9 Å². The van der Waals surface area contributed by atoms with Crippen LogP contribution in [-0.2, 0) is 13.5 Å². The largest absolute Gasteiger partial charge is 0.393 e. The van der Waals surface area contributed by atoms with Gasteiger partial charge in [0.05, 0.1) is 17.5 Å². The van der Waals surface area contributed by atoms with Crippen LogP contribution in [0.25, 0.3) is 10.9 Å². The molecule has 0 aliphatic carbocycles. The number of nitrogens with zero attached hydrogens (tertiary/aromatic N) is 2. The zero-order chi connectivity index (χ0) is 14.2. The second-order valence-corrected chi connectivity index (χ2v) is 4.69. The smallest absolute Gasteiger partial charge is 0.261 e. The lowest BCUT2D eigenvalue weighted by Crippen LogP contribution is -2.23. The molecule has 102 valence electrons. The van der Waals surface area contributed by atoms with Crippen molar-refractivity contribution in [2.24, 2.45) is 7.05 Å². The fourth-order valence-corrected chi connectivity index (χ4v) is 2.27. The van der Waals surface area contributed by atoms with Crippen molar-refractivity contribution in [2.45, 2.75) is 26.4 Å². The minimum absolute atomic E-state index is 0.128. The Morgan fingerprint density at radius 2 is 2.11 bits per heavy atom. The number of rotatable bonds is 3. The number of hydrogen-bond donors (Lipinski definition) is 2. The van der Waals surface area contributed by atoms with Crippen LogP contribution in [0.5, 0.6) is 0 Å². The molecule has 0 radical (unpaired) electrons. The number of benzene rings is 1. The SMILES string of the molecule is CCc1nc2c(C(O)CO)cc(C)cc2c(=O)n1C. The van der Waals surface area contributed by atoms with Crippen molar-refractivity contribution in [3.63, 3.8) is 0 Å². The van der Waals surface area contributed by atoms with Gasteiger partial charge in [0, 0.05) is 19.0 Å². The second kappa shape index (κ2) is 5.11. The first kappa shape index (κ1) is 13.7. The van der Waals surface area contributed by atoms with Gasteiger partial charge >= 0.3 is 0 Å². The van der Waals surface area contributed by atoms with E-state index in [4.69, 9.17) is 5.11 Å². The molecule has 1 heterocycles. The molecule has 2 rings (SSSR count). The zero-order valence-corrected chi connectivity index (χ0v) is 11.3. The van der Waals surface area contributed by atoms with E-state index in [0.717, 1.165) is 5.56 Å². The predicted molar refractivity (Wildman–Crippen MR) is 73.1 cm³/mol. The summed E-state index contributed by atoms with van der Waals surface area (Å²) in [5, 5.41) is 19.5. The first-order chi connectivity index (χ1) is 8.99. The number of aliphatic hydroxyl groups excluding tert-OH is 2. The summed E-state index contributed by atoms with van der Waals surface area (Å²) < 4.78 is 1.52. The van der Waals surface area contributed by atoms with E-state index in [1.165, 1.54) is 4.57 Å². The van der Waals surface area contributed by atoms with Crippen LogP contribution >= 0.6 is 0 Å². The maximum absolute atomic E-state index is 12.3. The minimum Gasteiger partial charge on any atom is -0.393 e. The van der Waals surface area contributed by atoms with Crippen LogP contribution in [0, 0.1) is 6.92 Å². The molecule has 5 nitrogen and oxygen atoms in total. The predicted octanol–water partition coefficient (Wildman–Crippen LogP) is 0.830. The van der Waals surface area contributed by atoms with Gasteiger partial charge in [-0.15, -0.1) is 0 Å². The number of aromatic nitrogens is 2. The van der Waals surface area contributed by atoms with E-state index in [2.05, 4.69) is 4.98 Å². The minimum atomic E-state index is -1.02. The molecule has 1 aromatic carbocycles. The summed E-state index contributed by atoms with van der Waals surface area (Å²) in [6.07, 6.45) is -0.392.